The number of hydrogen-bond donors (Lipinski definition) is 0. The van der Waals surface area contributed by atoms with Gasteiger partial charge in [0.05, 0.1) is 5.03 Å². The third-order valence-corrected chi connectivity index (χ3v) is 2.24. The standard InChI is InChI=1S/C8H6ClFN2.W/c1-3-5(9)6(10)4(2)8(12)7(3)11;/h1-2H3;/q-2;+2. The fourth-order valence-corrected chi connectivity index (χ4v) is 1.12. The molecule has 0 N–H and O–H groups in total. The van der Waals surface area contributed by atoms with Crippen LogP contribution in [0.1, 0.15) is 13.8 Å². The van der Waals surface area contributed by atoms with Crippen molar-refractivity contribution in [2.75, 3.05) is 0 Å². The van der Waals surface area contributed by atoms with E-state index in [2.05, 4.69) is 0 Å². The largest absolute Gasteiger partial charge is 2.00 e. The maximum absolute atomic E-state index is 13.0. The molecule has 0 spiro atoms. The van der Waals surface area contributed by atoms with Crippen LogP contribution in [-0.2, 0) is 21.1 Å². The second-order valence-corrected chi connectivity index (χ2v) is 2.95. The Kier molecular flexibility index (Phi) is 4.21. The van der Waals surface area contributed by atoms with E-state index in [-0.39, 0.29) is 43.0 Å². The van der Waals surface area contributed by atoms with Gasteiger partial charge < -0.3 is 10.8 Å². The molecule has 68 valence electrons. The van der Waals surface area contributed by atoms with Gasteiger partial charge >= 0.3 is 21.1 Å². The molecule has 0 unspecified atom stereocenters. The van der Waals surface area contributed by atoms with Gasteiger partial charge in [0.2, 0.25) is 0 Å². The predicted octanol–water partition coefficient (Wildman–Crippen LogP) is 2.77. The Labute approximate surface area is 95.1 Å². The van der Waals surface area contributed by atoms with Gasteiger partial charge in [-0.1, -0.05) is 11.6 Å². The van der Waals surface area contributed by atoms with E-state index in [9.17, 15) is 9.80 Å². The van der Waals surface area contributed by atoms with Crippen LogP contribution in [0.15, 0.2) is 22.0 Å². The Morgan fingerprint density at radius 1 is 1.08 bits per heavy atom. The van der Waals surface area contributed by atoms with E-state index in [1.165, 1.54) is 13.8 Å². The summed E-state index contributed by atoms with van der Waals surface area (Å²) >= 11 is 5.51. The van der Waals surface area contributed by atoms with Crippen LogP contribution in [-0.4, -0.2) is 11.4 Å². The fourth-order valence-electron chi connectivity index (χ4n) is 0.892. The predicted molar refractivity (Wildman–Crippen MR) is 49.1 cm³/mol. The Morgan fingerprint density at radius 2 is 1.46 bits per heavy atom. The maximum atomic E-state index is 13.0. The Bertz CT molecular complexity index is 295. The summed E-state index contributed by atoms with van der Waals surface area (Å²) in [4.78, 5) is 0. The van der Waals surface area contributed by atoms with E-state index in [0.717, 1.165) is 0 Å². The number of allylic oxidation sites excluding steroid dienone is 4. The first-order valence-corrected chi connectivity index (χ1v) is 3.70. The van der Waals surface area contributed by atoms with Gasteiger partial charge in [0.15, 0.2) is 0 Å². The monoisotopic (exact) mass is 368 g/mol. The third kappa shape index (κ3) is 1.97. The molecule has 0 atom stereocenters. The smallest absolute Gasteiger partial charge is 0.805 e. The van der Waals surface area contributed by atoms with Crippen LogP contribution in [0.2, 0.25) is 0 Å². The van der Waals surface area contributed by atoms with Crippen LogP contribution < -0.4 is 0 Å². The summed E-state index contributed by atoms with van der Waals surface area (Å²) in [6.45, 7) is 2.77. The summed E-state index contributed by atoms with van der Waals surface area (Å²) in [5, 5.41) is 18.2. The second kappa shape index (κ2) is 4.30. The Hall–Kier alpha value is -0.272. The zero-order valence-electron chi connectivity index (χ0n) is 7.06. The zero-order chi connectivity index (χ0) is 9.46. The molecule has 0 aromatic heterocycles. The Balaban J connectivity index is 0.00000144. The van der Waals surface area contributed by atoms with Gasteiger partial charge in [-0.25, -0.2) is 4.39 Å². The first-order chi connectivity index (χ1) is 5.46. The second-order valence-electron chi connectivity index (χ2n) is 2.58. The molecule has 0 aromatic carbocycles. The zero-order valence-corrected chi connectivity index (χ0v) is 10.7. The van der Waals surface area contributed by atoms with E-state index in [1.807, 2.05) is 0 Å². The van der Waals surface area contributed by atoms with Crippen molar-refractivity contribution in [2.45, 2.75) is 13.8 Å². The summed E-state index contributed by atoms with van der Waals surface area (Å²) in [5.41, 5.74) is -0.700. The van der Waals surface area contributed by atoms with Gasteiger partial charge in [-0.15, -0.1) is 0 Å². The molecule has 0 heterocycles. The minimum absolute atomic E-state index is 0. The number of nitrogens with zero attached hydrogens (tertiary/aromatic N) is 2. The van der Waals surface area contributed by atoms with Crippen LogP contribution >= 0.6 is 11.6 Å². The molecular formula is C8H6ClFN2W. The maximum Gasteiger partial charge on any atom is 2.00 e. The summed E-state index contributed by atoms with van der Waals surface area (Å²) in [5.74, 6) is -0.690. The van der Waals surface area contributed by atoms with Crippen molar-refractivity contribution in [3.05, 3.63) is 32.8 Å². The van der Waals surface area contributed by atoms with Crippen LogP contribution in [0.4, 0.5) is 4.39 Å². The van der Waals surface area contributed by atoms with E-state index in [0.29, 0.717) is 0 Å². The first-order valence-electron chi connectivity index (χ1n) is 3.33. The Morgan fingerprint density at radius 3 is 1.92 bits per heavy atom. The molecule has 13 heavy (non-hydrogen) atoms. The van der Waals surface area contributed by atoms with Crippen molar-refractivity contribution in [3.63, 3.8) is 0 Å². The van der Waals surface area contributed by atoms with Gasteiger partial charge in [0.25, 0.3) is 0 Å². The summed E-state index contributed by atoms with van der Waals surface area (Å²) in [6, 6.07) is 0. The minimum atomic E-state index is -0.690. The molecule has 0 saturated heterocycles. The summed E-state index contributed by atoms with van der Waals surface area (Å²) in [6.07, 6.45) is 0. The van der Waals surface area contributed by atoms with Gasteiger partial charge in [0, 0.05) is 0 Å². The van der Waals surface area contributed by atoms with Crippen LogP contribution in [0.5, 0.6) is 0 Å². The average molecular weight is 368 g/mol. The number of hydrogen-bond acceptors (Lipinski definition) is 0. The molecule has 0 aromatic rings. The van der Waals surface area contributed by atoms with Crippen molar-refractivity contribution in [1.29, 1.82) is 0 Å². The quantitative estimate of drug-likeness (QED) is 0.591. The van der Waals surface area contributed by atoms with Crippen LogP contribution in [0, 0.1) is 0 Å². The summed E-state index contributed by atoms with van der Waals surface area (Å²) in [7, 11) is 0. The topological polar surface area (TPSA) is 44.6 Å². The van der Waals surface area contributed by atoms with Gasteiger partial charge in [0.1, 0.15) is 5.83 Å². The molecule has 0 radical (unpaired) electrons. The fraction of sp³-hybridized carbons (Fsp3) is 0.250. The van der Waals surface area contributed by atoms with E-state index < -0.39 is 11.5 Å². The molecule has 0 bridgehead atoms. The normalized spacial score (nSPS) is 17.8. The van der Waals surface area contributed by atoms with E-state index >= 15 is 0 Å². The van der Waals surface area contributed by atoms with E-state index in [1.54, 1.807) is 0 Å². The van der Waals surface area contributed by atoms with Crippen LogP contribution in [0.3, 0.4) is 0 Å². The molecule has 0 aliphatic heterocycles. The minimum Gasteiger partial charge on any atom is -0.805 e. The molecule has 0 amide bonds. The molecule has 0 saturated carbocycles. The van der Waals surface area contributed by atoms with Gasteiger partial charge in [-0.3, -0.25) is 0 Å². The van der Waals surface area contributed by atoms with Crippen molar-refractivity contribution in [2.24, 2.45) is 0 Å². The molecule has 1 rings (SSSR count). The van der Waals surface area contributed by atoms with Gasteiger partial charge in [-0.2, -0.15) is 11.4 Å². The third-order valence-electron chi connectivity index (χ3n) is 1.79. The van der Waals surface area contributed by atoms with Crippen molar-refractivity contribution in [1.82, 2.24) is 0 Å². The molecular weight excluding hydrogens is 362 g/mol. The van der Waals surface area contributed by atoms with Gasteiger partial charge in [-0.05, 0) is 25.0 Å². The number of rotatable bonds is 0. The van der Waals surface area contributed by atoms with Crippen molar-refractivity contribution in [3.8, 4) is 0 Å². The molecule has 5 heteroatoms. The van der Waals surface area contributed by atoms with Crippen molar-refractivity contribution < 1.29 is 25.5 Å². The molecule has 0 fully saturated rings. The van der Waals surface area contributed by atoms with Crippen LogP contribution in [0.25, 0.3) is 10.8 Å². The van der Waals surface area contributed by atoms with Crippen molar-refractivity contribution >= 4 is 23.0 Å². The average Bonchev–Trinajstić information content (AvgIpc) is 2.08. The SMILES string of the molecule is CC1=C(F)C(Cl)=C(C)C(=[N-])C1=[N-].[W+2]. The summed E-state index contributed by atoms with van der Waals surface area (Å²) < 4.78 is 13.0. The number of halogens is 2. The van der Waals surface area contributed by atoms with E-state index in [4.69, 9.17) is 17.0 Å². The molecule has 1 aliphatic carbocycles. The molecule has 2 nitrogen and oxygen atoms in total. The first kappa shape index (κ1) is 12.7. The molecule has 1 aliphatic rings.